The number of nitrogens with one attached hydrogen (secondary N) is 1. The fourth-order valence-corrected chi connectivity index (χ4v) is 3.51. The number of carbonyl (C=O) groups is 2. The Kier molecular flexibility index (Phi) is 5.87. The lowest BCUT2D eigenvalue weighted by Gasteiger charge is -2.34. The fourth-order valence-electron chi connectivity index (χ4n) is 2.37. The van der Waals surface area contributed by atoms with Crippen LogP contribution in [-0.2, 0) is 9.59 Å². The summed E-state index contributed by atoms with van der Waals surface area (Å²) in [5.74, 6) is -1.70. The Hall–Kier alpha value is -1.60. The van der Waals surface area contributed by atoms with E-state index in [1.54, 1.807) is 50.3 Å². The summed E-state index contributed by atoms with van der Waals surface area (Å²) < 4.78 is 7.27. The van der Waals surface area contributed by atoms with Crippen molar-refractivity contribution in [1.82, 2.24) is 5.32 Å². The van der Waals surface area contributed by atoms with Gasteiger partial charge in [0.25, 0.3) is 5.91 Å². The number of halogens is 2. The second-order valence-corrected chi connectivity index (χ2v) is 7.44. The molecule has 0 radical (unpaired) electrons. The molecule has 3 atom stereocenters. The quantitative estimate of drug-likeness (QED) is 0.705. The molecule has 1 aliphatic carbocycles. The zero-order chi connectivity index (χ0) is 17.9. The van der Waals surface area contributed by atoms with Gasteiger partial charge >= 0.3 is 5.97 Å². The van der Waals surface area contributed by atoms with Crippen molar-refractivity contribution in [2.45, 2.75) is 25.5 Å². The monoisotopic (exact) mass is 457 g/mol. The van der Waals surface area contributed by atoms with Crippen molar-refractivity contribution in [3.05, 3.63) is 51.4 Å². The van der Waals surface area contributed by atoms with E-state index in [1.807, 2.05) is 6.07 Å². The molecule has 1 aromatic carbocycles. The summed E-state index contributed by atoms with van der Waals surface area (Å²) in [7, 11) is 0. The first kappa shape index (κ1) is 18.7. The number of hydrogen-bond acceptors (Lipinski definition) is 3. The second kappa shape index (κ2) is 7.53. The highest BCUT2D eigenvalue weighted by molar-refractivity contribution is 9.11. The van der Waals surface area contributed by atoms with Crippen molar-refractivity contribution in [2.75, 3.05) is 0 Å². The van der Waals surface area contributed by atoms with Crippen molar-refractivity contribution in [1.29, 1.82) is 0 Å². The molecular formula is C17H17Br2NO4. The average molecular weight is 459 g/mol. The van der Waals surface area contributed by atoms with Gasteiger partial charge in [0, 0.05) is 4.47 Å². The molecule has 0 saturated carbocycles. The molecule has 0 aliphatic heterocycles. The third-order valence-electron chi connectivity index (χ3n) is 3.73. The highest BCUT2D eigenvalue weighted by atomic mass is 79.9. The topological polar surface area (TPSA) is 75.6 Å². The normalized spacial score (nSPS) is 23.6. The van der Waals surface area contributed by atoms with E-state index in [0.29, 0.717) is 10.2 Å². The maximum Gasteiger partial charge on any atom is 0.313 e. The molecule has 3 unspecified atom stereocenters. The number of hydrogen-bond donors (Lipinski definition) is 2. The van der Waals surface area contributed by atoms with Crippen molar-refractivity contribution in [2.24, 2.45) is 5.92 Å². The summed E-state index contributed by atoms with van der Waals surface area (Å²) in [5.41, 5.74) is -1.01. The molecular weight excluding hydrogens is 442 g/mol. The second-order valence-electron chi connectivity index (χ2n) is 5.67. The molecule has 1 amide bonds. The minimum atomic E-state index is -1.01. The van der Waals surface area contributed by atoms with Gasteiger partial charge in [-0.3, -0.25) is 9.59 Å². The Bertz CT molecular complexity index is 717. The van der Waals surface area contributed by atoms with Crippen LogP contribution in [0.2, 0.25) is 0 Å². The molecule has 2 rings (SSSR count). The Morgan fingerprint density at radius 3 is 2.67 bits per heavy atom. The van der Waals surface area contributed by atoms with Crippen LogP contribution >= 0.6 is 31.9 Å². The lowest BCUT2D eigenvalue weighted by Crippen LogP contribution is -2.55. The zero-order valence-corrected chi connectivity index (χ0v) is 16.3. The first-order valence-electron chi connectivity index (χ1n) is 7.25. The minimum Gasteiger partial charge on any atom is -0.481 e. The molecule has 2 N–H and O–H groups in total. The maximum atomic E-state index is 12.5. The predicted octanol–water partition coefficient (Wildman–Crippen LogP) is 3.68. The van der Waals surface area contributed by atoms with E-state index >= 15 is 0 Å². The van der Waals surface area contributed by atoms with Crippen LogP contribution in [0.15, 0.2) is 51.4 Å². The van der Waals surface area contributed by atoms with Crippen molar-refractivity contribution in [3.8, 4) is 5.75 Å². The van der Waals surface area contributed by atoms with Gasteiger partial charge in [0.05, 0.1) is 10.0 Å². The van der Waals surface area contributed by atoms with Crippen molar-refractivity contribution >= 4 is 43.7 Å². The maximum absolute atomic E-state index is 12.5. The molecule has 128 valence electrons. The van der Waals surface area contributed by atoms with Crippen LogP contribution in [0.4, 0.5) is 0 Å². The van der Waals surface area contributed by atoms with Crippen LogP contribution in [0.25, 0.3) is 0 Å². The van der Waals surface area contributed by atoms with Crippen molar-refractivity contribution < 1.29 is 19.4 Å². The fraction of sp³-hybridized carbons (Fsp3) is 0.294. The molecule has 0 aromatic heterocycles. The largest absolute Gasteiger partial charge is 0.481 e. The Morgan fingerprint density at radius 1 is 1.33 bits per heavy atom. The van der Waals surface area contributed by atoms with Gasteiger partial charge in [0.1, 0.15) is 11.7 Å². The SMILES string of the molecule is CC(Oc1ccc(Br)cc1Br)C(=O)NC1(C)C=CC=CC1C(=O)O. The van der Waals surface area contributed by atoms with Crippen LogP contribution < -0.4 is 10.1 Å². The third kappa shape index (κ3) is 4.27. The number of carboxylic acids is 1. The Morgan fingerprint density at radius 2 is 2.04 bits per heavy atom. The average Bonchev–Trinajstić information content (AvgIpc) is 2.49. The molecule has 0 fully saturated rings. The molecule has 0 bridgehead atoms. The van der Waals surface area contributed by atoms with Gasteiger partial charge in [0.2, 0.25) is 0 Å². The van der Waals surface area contributed by atoms with E-state index in [2.05, 4.69) is 37.2 Å². The molecule has 5 nitrogen and oxygen atoms in total. The summed E-state index contributed by atoms with van der Waals surface area (Å²) in [6.07, 6.45) is 5.82. The molecule has 0 heterocycles. The number of amides is 1. The number of aliphatic carboxylic acids is 1. The molecule has 1 aliphatic rings. The predicted molar refractivity (Wildman–Crippen MR) is 97.9 cm³/mol. The van der Waals surface area contributed by atoms with Crippen LogP contribution in [0.5, 0.6) is 5.75 Å². The van der Waals surface area contributed by atoms with E-state index in [0.717, 1.165) is 4.47 Å². The van der Waals surface area contributed by atoms with E-state index in [1.165, 1.54) is 0 Å². The van der Waals surface area contributed by atoms with E-state index in [9.17, 15) is 14.7 Å². The minimum absolute atomic E-state index is 0.390. The molecule has 7 heteroatoms. The van der Waals surface area contributed by atoms with E-state index < -0.39 is 29.4 Å². The summed E-state index contributed by atoms with van der Waals surface area (Å²) in [6, 6.07) is 5.36. The summed E-state index contributed by atoms with van der Waals surface area (Å²) in [4.78, 5) is 23.9. The van der Waals surface area contributed by atoms with Crippen molar-refractivity contribution in [3.63, 3.8) is 0 Å². The third-order valence-corrected chi connectivity index (χ3v) is 4.84. The molecule has 1 aromatic rings. The first-order chi connectivity index (χ1) is 11.2. The highest BCUT2D eigenvalue weighted by Gasteiger charge is 2.39. The molecule has 0 saturated heterocycles. The molecule has 24 heavy (non-hydrogen) atoms. The standard InChI is InChI=1S/C17H17Br2NO4/c1-10(24-14-7-6-11(18)9-13(14)19)15(21)20-17(2)8-4-3-5-12(17)16(22)23/h3-10,12H,1-2H3,(H,20,21)(H,22,23). The van der Waals surface area contributed by atoms with Gasteiger partial charge < -0.3 is 15.2 Å². The Balaban J connectivity index is 2.09. The van der Waals surface area contributed by atoms with Gasteiger partial charge in [0.15, 0.2) is 6.10 Å². The number of rotatable bonds is 5. The summed E-state index contributed by atoms with van der Waals surface area (Å²) in [5, 5.41) is 12.1. The summed E-state index contributed by atoms with van der Waals surface area (Å²) >= 11 is 6.73. The van der Waals surface area contributed by atoms with Gasteiger partial charge in [-0.15, -0.1) is 0 Å². The lowest BCUT2D eigenvalue weighted by molar-refractivity contribution is -0.142. The van der Waals surface area contributed by atoms with Gasteiger partial charge in [-0.2, -0.15) is 0 Å². The zero-order valence-electron chi connectivity index (χ0n) is 13.1. The van der Waals surface area contributed by atoms with Crippen LogP contribution in [0, 0.1) is 5.92 Å². The lowest BCUT2D eigenvalue weighted by atomic mass is 9.82. The first-order valence-corrected chi connectivity index (χ1v) is 8.84. The van der Waals surface area contributed by atoms with Crippen LogP contribution in [-0.4, -0.2) is 28.6 Å². The number of ether oxygens (including phenoxy) is 1. The van der Waals surface area contributed by atoms with E-state index in [4.69, 9.17) is 4.74 Å². The van der Waals surface area contributed by atoms with Crippen LogP contribution in [0.1, 0.15) is 13.8 Å². The van der Waals surface area contributed by atoms with E-state index in [-0.39, 0.29) is 0 Å². The number of benzene rings is 1. The smallest absolute Gasteiger partial charge is 0.313 e. The van der Waals surface area contributed by atoms with Crippen LogP contribution in [0.3, 0.4) is 0 Å². The summed E-state index contributed by atoms with van der Waals surface area (Å²) in [6.45, 7) is 3.29. The van der Waals surface area contributed by atoms with Gasteiger partial charge in [-0.1, -0.05) is 40.2 Å². The van der Waals surface area contributed by atoms with Gasteiger partial charge in [-0.25, -0.2) is 0 Å². The Labute approximate surface area is 157 Å². The number of carboxylic acid groups (broad SMARTS) is 1. The molecule has 0 spiro atoms. The number of carbonyl (C=O) groups excluding carboxylic acids is 1. The number of allylic oxidation sites excluding steroid dienone is 2. The van der Waals surface area contributed by atoms with Gasteiger partial charge in [-0.05, 0) is 48.0 Å². The highest BCUT2D eigenvalue weighted by Crippen LogP contribution is 2.29.